The lowest BCUT2D eigenvalue weighted by atomic mass is 10.2. The number of aromatic hydroxyl groups is 1. The number of nitrogens with one attached hydrogen (secondary N) is 3. The molecular formula is C13H14Cl2N4O3. The summed E-state index contributed by atoms with van der Waals surface area (Å²) in [5, 5.41) is 15.1. The Labute approximate surface area is 137 Å². The lowest BCUT2D eigenvalue weighted by molar-refractivity contribution is -0.682. The summed E-state index contributed by atoms with van der Waals surface area (Å²) in [7, 11) is 0. The number of H-pyrrole nitrogens is 1. The molecule has 0 saturated heterocycles. The zero-order valence-electron chi connectivity index (χ0n) is 11.6. The van der Waals surface area contributed by atoms with Crippen LogP contribution < -0.4 is 27.6 Å². The van der Waals surface area contributed by atoms with Crippen LogP contribution in [0.3, 0.4) is 0 Å². The van der Waals surface area contributed by atoms with Gasteiger partial charge in [-0.2, -0.15) is 0 Å². The maximum atomic E-state index is 11.8. The first-order chi connectivity index (χ1) is 9.95. The Kier molecular flexibility index (Phi) is 6.21. The normalized spacial score (nSPS) is 9.73. The molecule has 0 fully saturated rings. The molecule has 0 spiro atoms. The molecule has 1 heterocycles. The van der Waals surface area contributed by atoms with Crippen LogP contribution in [0.25, 0.3) is 0 Å². The van der Waals surface area contributed by atoms with E-state index in [0.29, 0.717) is 0 Å². The Morgan fingerprint density at radius 2 is 2.05 bits per heavy atom. The van der Waals surface area contributed by atoms with E-state index in [1.54, 1.807) is 23.3 Å². The molecule has 0 aliphatic rings. The van der Waals surface area contributed by atoms with Crippen molar-refractivity contribution in [2.75, 3.05) is 10.6 Å². The van der Waals surface area contributed by atoms with E-state index in [-0.39, 0.29) is 52.9 Å². The van der Waals surface area contributed by atoms with Crippen LogP contribution in [0.1, 0.15) is 6.92 Å². The molecule has 0 aliphatic heterocycles. The molecule has 4 N–H and O–H groups in total. The summed E-state index contributed by atoms with van der Waals surface area (Å²) >= 11 is 5.98. The molecule has 2 aromatic rings. The molecule has 0 bridgehead atoms. The summed E-state index contributed by atoms with van der Waals surface area (Å²) < 4.78 is 1.64. The number of aromatic amines is 1. The van der Waals surface area contributed by atoms with Gasteiger partial charge in [0, 0.05) is 13.0 Å². The number of imidazole rings is 1. The maximum Gasteiger partial charge on any atom is 0.266 e. The highest BCUT2D eigenvalue weighted by Crippen LogP contribution is 2.33. The van der Waals surface area contributed by atoms with Gasteiger partial charge in [0.1, 0.15) is 18.1 Å². The largest absolute Gasteiger partial charge is 1.00 e. The molecule has 1 aromatic heterocycles. The Hall–Kier alpha value is -2.25. The number of benzene rings is 1. The average Bonchev–Trinajstić information content (AvgIpc) is 2.87. The number of halogens is 2. The number of rotatable bonds is 4. The summed E-state index contributed by atoms with van der Waals surface area (Å²) in [6.45, 7) is 1.42. The Morgan fingerprint density at radius 1 is 1.32 bits per heavy atom. The Morgan fingerprint density at radius 3 is 2.64 bits per heavy atom. The van der Waals surface area contributed by atoms with Crippen molar-refractivity contribution in [2.45, 2.75) is 13.5 Å². The molecule has 1 aromatic carbocycles. The van der Waals surface area contributed by atoms with Gasteiger partial charge in [-0.3, -0.25) is 14.6 Å². The third-order valence-electron chi connectivity index (χ3n) is 2.60. The van der Waals surface area contributed by atoms with Gasteiger partial charge < -0.3 is 28.1 Å². The molecule has 0 saturated carbocycles. The highest BCUT2D eigenvalue weighted by Gasteiger charge is 2.13. The van der Waals surface area contributed by atoms with Crippen molar-refractivity contribution < 1.29 is 31.7 Å². The maximum absolute atomic E-state index is 11.8. The lowest BCUT2D eigenvalue weighted by Gasteiger charge is -2.10. The molecule has 22 heavy (non-hydrogen) atoms. The van der Waals surface area contributed by atoms with E-state index in [0.717, 1.165) is 0 Å². The van der Waals surface area contributed by atoms with E-state index >= 15 is 0 Å². The van der Waals surface area contributed by atoms with Gasteiger partial charge in [0.15, 0.2) is 6.54 Å². The van der Waals surface area contributed by atoms with E-state index in [4.69, 9.17) is 11.6 Å². The predicted molar refractivity (Wildman–Crippen MR) is 77.0 cm³/mol. The van der Waals surface area contributed by atoms with Crippen LogP contribution in [-0.4, -0.2) is 21.9 Å². The van der Waals surface area contributed by atoms with Crippen molar-refractivity contribution in [3.8, 4) is 5.75 Å². The van der Waals surface area contributed by atoms with Crippen LogP contribution in [0.2, 0.25) is 5.02 Å². The monoisotopic (exact) mass is 344 g/mol. The number of aromatic nitrogens is 2. The van der Waals surface area contributed by atoms with E-state index in [9.17, 15) is 14.7 Å². The number of hydrogen-bond donors (Lipinski definition) is 4. The number of carbonyl (C=O) groups excluding carboxylic acids is 2. The minimum atomic E-state index is -0.321. The number of amides is 2. The fourth-order valence-electron chi connectivity index (χ4n) is 1.72. The predicted octanol–water partition coefficient (Wildman–Crippen LogP) is -1.74. The molecule has 9 heteroatoms. The summed E-state index contributed by atoms with van der Waals surface area (Å²) in [6.07, 6.45) is 5.02. The van der Waals surface area contributed by atoms with E-state index < -0.39 is 0 Å². The summed E-state index contributed by atoms with van der Waals surface area (Å²) in [5.74, 6) is -0.814. The summed E-state index contributed by atoms with van der Waals surface area (Å²) in [6, 6.07) is 2.66. The van der Waals surface area contributed by atoms with Crippen molar-refractivity contribution in [1.29, 1.82) is 0 Å². The summed E-state index contributed by atoms with van der Waals surface area (Å²) in [5.41, 5.74) is 0.454. The van der Waals surface area contributed by atoms with E-state index in [2.05, 4.69) is 15.6 Å². The van der Waals surface area contributed by atoms with Crippen LogP contribution in [0.15, 0.2) is 30.9 Å². The van der Waals surface area contributed by atoms with Crippen LogP contribution in [0, 0.1) is 0 Å². The number of nitrogens with zero attached hydrogens (tertiary/aromatic N) is 1. The standard InChI is InChI=1S/C13H13ClN4O3.ClH/c1-8(19)16-10-5-12(20)11(4-9(10)14)17-13(21)6-18-3-2-15-7-18;/h2-5,7H,6H2,1H3,(H3,16,17,19,20,21);1H. The number of anilines is 2. The first-order valence-electron chi connectivity index (χ1n) is 6.07. The Balaban J connectivity index is 0.00000242. The lowest BCUT2D eigenvalue weighted by Crippen LogP contribution is -3.00. The van der Waals surface area contributed by atoms with Gasteiger partial charge in [-0.25, -0.2) is 4.57 Å². The van der Waals surface area contributed by atoms with Crippen molar-refractivity contribution in [1.82, 2.24) is 4.98 Å². The molecule has 0 atom stereocenters. The van der Waals surface area contributed by atoms with E-state index in [1.165, 1.54) is 19.1 Å². The average molecular weight is 345 g/mol. The highest BCUT2D eigenvalue weighted by atomic mass is 35.5. The van der Waals surface area contributed by atoms with Crippen LogP contribution in [-0.2, 0) is 16.1 Å². The zero-order valence-corrected chi connectivity index (χ0v) is 13.1. The fraction of sp³-hybridized carbons (Fsp3) is 0.154. The van der Waals surface area contributed by atoms with Crippen LogP contribution >= 0.6 is 11.6 Å². The minimum Gasteiger partial charge on any atom is -1.00 e. The second-order valence-corrected chi connectivity index (χ2v) is 4.77. The molecule has 0 unspecified atom stereocenters. The molecular weight excluding hydrogens is 331 g/mol. The van der Waals surface area contributed by atoms with Gasteiger partial charge in [-0.05, 0) is 6.07 Å². The van der Waals surface area contributed by atoms with Gasteiger partial charge in [0.25, 0.3) is 5.91 Å². The van der Waals surface area contributed by atoms with E-state index in [1.807, 2.05) is 0 Å². The Bertz CT molecular complexity index is 674. The quantitative estimate of drug-likeness (QED) is 0.391. The molecule has 2 amide bonds. The molecule has 0 radical (unpaired) electrons. The SMILES string of the molecule is CC(=O)Nc1cc(O)c(NC(=O)C[n+]2cc[nH]c2)cc1Cl.[Cl-]. The number of hydrogen-bond acceptors (Lipinski definition) is 3. The number of phenols is 1. The highest BCUT2D eigenvalue weighted by molar-refractivity contribution is 6.34. The van der Waals surface area contributed by atoms with Crippen molar-refractivity contribution >= 4 is 34.8 Å². The van der Waals surface area contributed by atoms with Crippen molar-refractivity contribution in [2.24, 2.45) is 0 Å². The third kappa shape index (κ3) is 4.64. The number of carbonyl (C=O) groups is 2. The van der Waals surface area contributed by atoms with Crippen LogP contribution in [0.5, 0.6) is 5.75 Å². The molecule has 2 rings (SSSR count). The van der Waals surface area contributed by atoms with Crippen LogP contribution in [0.4, 0.5) is 11.4 Å². The molecule has 0 aliphatic carbocycles. The minimum absolute atomic E-state index is 0. The fourth-order valence-corrected chi connectivity index (χ4v) is 1.93. The molecule has 7 nitrogen and oxygen atoms in total. The topological polar surface area (TPSA) is 98.1 Å². The first kappa shape index (κ1) is 17.8. The molecule has 118 valence electrons. The van der Waals surface area contributed by atoms with Gasteiger partial charge in [0.2, 0.25) is 12.2 Å². The summed E-state index contributed by atoms with van der Waals surface area (Å²) in [4.78, 5) is 25.6. The first-order valence-corrected chi connectivity index (χ1v) is 6.45. The second kappa shape index (κ2) is 7.67. The third-order valence-corrected chi connectivity index (χ3v) is 2.91. The van der Waals surface area contributed by atoms with Gasteiger partial charge in [0.05, 0.1) is 16.4 Å². The number of phenolic OH excluding ortho intramolecular Hbond substituents is 1. The smallest absolute Gasteiger partial charge is 0.266 e. The van der Waals surface area contributed by atoms with Gasteiger partial charge in [-0.15, -0.1) is 0 Å². The second-order valence-electron chi connectivity index (χ2n) is 4.36. The van der Waals surface area contributed by atoms with Gasteiger partial charge in [-0.1, -0.05) is 11.6 Å². The van der Waals surface area contributed by atoms with Crippen molar-refractivity contribution in [3.05, 3.63) is 35.9 Å². The van der Waals surface area contributed by atoms with Gasteiger partial charge >= 0.3 is 0 Å². The van der Waals surface area contributed by atoms with Crippen molar-refractivity contribution in [3.63, 3.8) is 0 Å². The zero-order chi connectivity index (χ0) is 15.4.